The monoisotopic (exact) mass is 246 g/mol. The fourth-order valence-electron chi connectivity index (χ4n) is 3.52. The summed E-state index contributed by atoms with van der Waals surface area (Å²) >= 11 is 0. The molecule has 2 saturated heterocycles. The van der Waals surface area contributed by atoms with Gasteiger partial charge in [0.1, 0.15) is 11.6 Å². The molecule has 0 amide bonds. The first-order valence-electron chi connectivity index (χ1n) is 6.92. The summed E-state index contributed by atoms with van der Waals surface area (Å²) in [7, 11) is 4.19. The molecule has 2 unspecified atom stereocenters. The topological polar surface area (TPSA) is 41.1 Å². The molecule has 18 heavy (non-hydrogen) atoms. The van der Waals surface area contributed by atoms with Crippen LogP contribution in [-0.2, 0) is 0 Å². The Balaban J connectivity index is 1.85. The smallest absolute Gasteiger partial charge is 0.134 e. The highest BCUT2D eigenvalue weighted by atomic mass is 15.2. The predicted octanol–water partition coefficient (Wildman–Crippen LogP) is 2.17. The maximum atomic E-state index is 4.66. The highest BCUT2D eigenvalue weighted by Gasteiger charge is 2.39. The molecule has 4 heteroatoms. The Kier molecular flexibility index (Phi) is 2.98. The van der Waals surface area contributed by atoms with Gasteiger partial charge in [0.15, 0.2) is 0 Å². The molecule has 1 aromatic heterocycles. The van der Waals surface area contributed by atoms with Crippen molar-refractivity contribution in [2.45, 2.75) is 50.6 Å². The van der Waals surface area contributed by atoms with E-state index >= 15 is 0 Å². The van der Waals surface area contributed by atoms with Gasteiger partial charge in [0.25, 0.3) is 0 Å². The van der Waals surface area contributed by atoms with Crippen LogP contribution in [0.2, 0.25) is 0 Å². The molecule has 1 N–H and O–H groups in total. The van der Waals surface area contributed by atoms with E-state index in [9.17, 15) is 0 Å². The zero-order chi connectivity index (χ0) is 12.7. The van der Waals surface area contributed by atoms with Gasteiger partial charge in [-0.25, -0.2) is 9.97 Å². The van der Waals surface area contributed by atoms with Gasteiger partial charge >= 0.3 is 0 Å². The average molecular weight is 246 g/mol. The zero-order valence-corrected chi connectivity index (χ0v) is 11.5. The van der Waals surface area contributed by atoms with Crippen LogP contribution in [0, 0.1) is 6.92 Å². The largest absolute Gasteiger partial charge is 0.373 e. The molecular formula is C14H22N4. The summed E-state index contributed by atoms with van der Waals surface area (Å²) in [5.41, 5.74) is 1.07. The van der Waals surface area contributed by atoms with E-state index in [1.807, 2.05) is 13.1 Å². The first-order chi connectivity index (χ1) is 8.67. The van der Waals surface area contributed by atoms with Gasteiger partial charge in [0, 0.05) is 36.8 Å². The Hall–Kier alpha value is -1.16. The van der Waals surface area contributed by atoms with E-state index in [-0.39, 0.29) is 0 Å². The maximum Gasteiger partial charge on any atom is 0.134 e. The fraction of sp³-hybridized carbons (Fsp3) is 0.714. The fourth-order valence-corrected chi connectivity index (χ4v) is 3.52. The van der Waals surface area contributed by atoms with Crippen molar-refractivity contribution in [3.05, 3.63) is 17.6 Å². The van der Waals surface area contributed by atoms with Gasteiger partial charge in [-0.3, -0.25) is 0 Å². The molecule has 2 bridgehead atoms. The van der Waals surface area contributed by atoms with Gasteiger partial charge in [-0.2, -0.15) is 0 Å². The third-order valence-electron chi connectivity index (χ3n) is 4.59. The normalized spacial score (nSPS) is 31.6. The second-order valence-electron chi connectivity index (χ2n) is 5.72. The van der Waals surface area contributed by atoms with Crippen LogP contribution in [0.4, 0.5) is 5.82 Å². The summed E-state index contributed by atoms with van der Waals surface area (Å²) in [6.45, 7) is 2.05. The quantitative estimate of drug-likeness (QED) is 0.868. The van der Waals surface area contributed by atoms with Crippen LogP contribution in [0.15, 0.2) is 6.07 Å². The van der Waals surface area contributed by atoms with Crippen LogP contribution in [0.3, 0.4) is 0 Å². The highest BCUT2D eigenvalue weighted by molar-refractivity contribution is 5.35. The molecule has 0 saturated carbocycles. The number of piperidine rings is 1. The number of fused-ring (bicyclic) bond motifs is 2. The van der Waals surface area contributed by atoms with Crippen LogP contribution in [0.25, 0.3) is 0 Å². The van der Waals surface area contributed by atoms with E-state index in [2.05, 4.69) is 34.2 Å². The average Bonchev–Trinajstić information content (AvgIpc) is 2.60. The molecule has 3 heterocycles. The Labute approximate surface area is 109 Å². The van der Waals surface area contributed by atoms with Crippen LogP contribution < -0.4 is 5.32 Å². The van der Waals surface area contributed by atoms with E-state index in [4.69, 9.17) is 0 Å². The Bertz CT molecular complexity index is 431. The zero-order valence-electron chi connectivity index (χ0n) is 11.5. The van der Waals surface area contributed by atoms with E-state index in [0.29, 0.717) is 5.92 Å². The van der Waals surface area contributed by atoms with Crippen molar-refractivity contribution in [2.75, 3.05) is 19.4 Å². The van der Waals surface area contributed by atoms with Crippen molar-refractivity contribution >= 4 is 5.82 Å². The molecule has 2 fully saturated rings. The minimum Gasteiger partial charge on any atom is -0.373 e. The molecule has 3 rings (SSSR count). The van der Waals surface area contributed by atoms with Gasteiger partial charge in [-0.05, 0) is 39.7 Å². The second-order valence-corrected chi connectivity index (χ2v) is 5.72. The molecule has 0 aromatic carbocycles. The molecule has 2 aliphatic heterocycles. The minimum absolute atomic E-state index is 0.547. The molecule has 2 atom stereocenters. The predicted molar refractivity (Wildman–Crippen MR) is 72.9 cm³/mol. The van der Waals surface area contributed by atoms with Gasteiger partial charge in [0.05, 0.1) is 0 Å². The lowest BCUT2D eigenvalue weighted by atomic mass is 9.90. The summed E-state index contributed by atoms with van der Waals surface area (Å²) < 4.78 is 0. The number of aromatic nitrogens is 2. The van der Waals surface area contributed by atoms with E-state index < -0.39 is 0 Å². The van der Waals surface area contributed by atoms with E-state index in [1.54, 1.807) is 0 Å². The molecule has 98 valence electrons. The lowest BCUT2D eigenvalue weighted by Crippen LogP contribution is -2.39. The summed E-state index contributed by atoms with van der Waals surface area (Å²) in [6, 6.07) is 3.50. The van der Waals surface area contributed by atoms with E-state index in [0.717, 1.165) is 29.4 Å². The highest BCUT2D eigenvalue weighted by Crippen LogP contribution is 2.41. The van der Waals surface area contributed by atoms with Crippen molar-refractivity contribution in [1.29, 1.82) is 0 Å². The summed E-state index contributed by atoms with van der Waals surface area (Å²) in [4.78, 5) is 11.9. The van der Waals surface area contributed by atoms with Gasteiger partial charge in [-0.15, -0.1) is 0 Å². The van der Waals surface area contributed by atoms with Crippen molar-refractivity contribution in [3.8, 4) is 0 Å². The number of hydrogen-bond donors (Lipinski definition) is 1. The molecule has 0 aliphatic carbocycles. The molecule has 4 nitrogen and oxygen atoms in total. The molecule has 0 spiro atoms. The second kappa shape index (κ2) is 4.50. The molecule has 0 radical (unpaired) electrons. The third kappa shape index (κ3) is 1.99. The van der Waals surface area contributed by atoms with Crippen LogP contribution in [-0.4, -0.2) is 41.0 Å². The number of rotatable bonds is 2. The molecule has 2 aliphatic rings. The van der Waals surface area contributed by atoms with Crippen molar-refractivity contribution in [3.63, 3.8) is 0 Å². The number of hydrogen-bond acceptors (Lipinski definition) is 4. The van der Waals surface area contributed by atoms with Crippen LogP contribution in [0.5, 0.6) is 0 Å². The lowest BCUT2D eigenvalue weighted by Gasteiger charge is -2.35. The third-order valence-corrected chi connectivity index (χ3v) is 4.59. The maximum absolute atomic E-state index is 4.66. The van der Waals surface area contributed by atoms with Crippen LogP contribution >= 0.6 is 0 Å². The molecular weight excluding hydrogens is 224 g/mol. The van der Waals surface area contributed by atoms with Crippen molar-refractivity contribution in [1.82, 2.24) is 14.9 Å². The standard InChI is InChI=1S/C14H22N4/c1-9-6-13(15-2)17-14(16-9)10-7-11-4-5-12(8-10)18(11)3/h6,10-12H,4-5,7-8H2,1-3H3,(H,15,16,17). The Morgan fingerprint density at radius 2 is 1.89 bits per heavy atom. The lowest BCUT2D eigenvalue weighted by molar-refractivity contribution is 0.159. The first kappa shape index (κ1) is 11.9. The summed E-state index contributed by atoms with van der Waals surface area (Å²) in [5, 5.41) is 3.13. The van der Waals surface area contributed by atoms with Gasteiger partial charge < -0.3 is 10.2 Å². The molecule has 1 aromatic rings. The van der Waals surface area contributed by atoms with Crippen molar-refractivity contribution in [2.24, 2.45) is 0 Å². The number of aryl methyl sites for hydroxylation is 1. The Morgan fingerprint density at radius 1 is 1.22 bits per heavy atom. The number of nitrogens with one attached hydrogen (secondary N) is 1. The number of nitrogens with zero attached hydrogens (tertiary/aromatic N) is 3. The Morgan fingerprint density at radius 3 is 2.50 bits per heavy atom. The number of anilines is 1. The van der Waals surface area contributed by atoms with Gasteiger partial charge in [-0.1, -0.05) is 0 Å². The summed E-state index contributed by atoms with van der Waals surface area (Å²) in [6.07, 6.45) is 5.14. The van der Waals surface area contributed by atoms with E-state index in [1.165, 1.54) is 25.7 Å². The van der Waals surface area contributed by atoms with Crippen molar-refractivity contribution < 1.29 is 0 Å². The van der Waals surface area contributed by atoms with Gasteiger partial charge in [0.2, 0.25) is 0 Å². The first-order valence-corrected chi connectivity index (χ1v) is 6.92. The SMILES string of the molecule is CNc1cc(C)nc(C2CC3CCC(C2)N3C)n1. The van der Waals surface area contributed by atoms with Crippen LogP contribution in [0.1, 0.15) is 43.1 Å². The minimum atomic E-state index is 0.547. The summed E-state index contributed by atoms with van der Waals surface area (Å²) in [5.74, 6) is 2.54.